The smallest absolute Gasteiger partial charge is 0.373 e. The molecular formula is C11H19F7O3Si. The molecule has 0 rings (SSSR count). The van der Waals surface area contributed by atoms with Crippen molar-refractivity contribution >= 4 is 8.80 Å². The van der Waals surface area contributed by atoms with Crippen LogP contribution in [0, 0.1) is 0 Å². The first-order valence-corrected chi connectivity index (χ1v) is 8.07. The van der Waals surface area contributed by atoms with E-state index in [0.29, 0.717) is 21.3 Å². The van der Waals surface area contributed by atoms with Crippen molar-refractivity contribution in [2.24, 2.45) is 0 Å². The first-order chi connectivity index (χ1) is 9.91. The van der Waals surface area contributed by atoms with E-state index in [0.717, 1.165) is 0 Å². The fourth-order valence-electron chi connectivity index (χ4n) is 1.80. The van der Waals surface area contributed by atoms with Gasteiger partial charge in [0.05, 0.1) is 0 Å². The van der Waals surface area contributed by atoms with Gasteiger partial charge in [0.15, 0.2) is 6.17 Å². The fourth-order valence-corrected chi connectivity index (χ4v) is 3.62. The molecule has 1 unspecified atom stereocenters. The normalized spacial score (nSPS) is 16.0. The van der Waals surface area contributed by atoms with Crippen LogP contribution in [0.5, 0.6) is 0 Å². The summed E-state index contributed by atoms with van der Waals surface area (Å²) in [4.78, 5) is 0. The lowest BCUT2D eigenvalue weighted by atomic mass is 10.0. The molecule has 0 aliphatic heterocycles. The van der Waals surface area contributed by atoms with Gasteiger partial charge in [0.1, 0.15) is 0 Å². The summed E-state index contributed by atoms with van der Waals surface area (Å²) in [5.41, 5.74) is -5.53. The standard InChI is InChI=1S/C11H19F7O3Si/c1-5-6-7-8(12)9(13,14)10(15,16)11(17,18)22(19-2,20-3)21-4/h8H,5-7H2,1-4H3. The molecule has 22 heavy (non-hydrogen) atoms. The minimum absolute atomic E-state index is 0.153. The van der Waals surface area contributed by atoms with Gasteiger partial charge in [-0.15, -0.1) is 0 Å². The second kappa shape index (κ2) is 7.45. The molecule has 0 saturated carbocycles. The zero-order valence-electron chi connectivity index (χ0n) is 12.6. The van der Waals surface area contributed by atoms with Crippen LogP contribution in [0.1, 0.15) is 26.2 Å². The lowest BCUT2D eigenvalue weighted by Crippen LogP contribution is -2.72. The molecule has 0 N–H and O–H groups in total. The van der Waals surface area contributed by atoms with Crippen LogP contribution < -0.4 is 0 Å². The summed E-state index contributed by atoms with van der Waals surface area (Å²) in [6, 6.07) is 0. The largest absolute Gasteiger partial charge is 0.581 e. The highest BCUT2D eigenvalue weighted by Crippen LogP contribution is 2.52. The molecule has 0 saturated heterocycles. The number of alkyl halides is 7. The number of rotatable bonds is 10. The molecule has 0 radical (unpaired) electrons. The van der Waals surface area contributed by atoms with Crippen LogP contribution in [0.4, 0.5) is 30.7 Å². The molecular weight excluding hydrogens is 341 g/mol. The van der Waals surface area contributed by atoms with Gasteiger partial charge in [-0.2, -0.15) is 26.3 Å². The Morgan fingerprint density at radius 3 is 1.64 bits per heavy atom. The van der Waals surface area contributed by atoms with Crippen LogP contribution in [0.15, 0.2) is 0 Å². The first-order valence-electron chi connectivity index (χ1n) is 6.34. The third-order valence-corrected chi connectivity index (χ3v) is 5.90. The Kier molecular flexibility index (Phi) is 7.32. The molecule has 0 aromatic rings. The van der Waals surface area contributed by atoms with Crippen molar-refractivity contribution < 1.29 is 44.0 Å². The molecule has 0 aromatic heterocycles. The molecule has 1 atom stereocenters. The Morgan fingerprint density at radius 2 is 1.32 bits per heavy atom. The highest BCUT2D eigenvalue weighted by molar-refractivity contribution is 6.63. The SMILES string of the molecule is CCCCC(F)C(F)(F)C(F)(F)C(F)(F)[Si](OC)(OC)OC. The number of hydrogen-bond acceptors (Lipinski definition) is 3. The van der Waals surface area contributed by atoms with Gasteiger partial charge < -0.3 is 13.3 Å². The zero-order chi connectivity index (χ0) is 17.8. The molecule has 0 aromatic carbocycles. The predicted molar refractivity (Wildman–Crippen MR) is 66.0 cm³/mol. The van der Waals surface area contributed by atoms with Crippen LogP contribution in [0.25, 0.3) is 0 Å². The fraction of sp³-hybridized carbons (Fsp3) is 1.00. The molecule has 3 nitrogen and oxygen atoms in total. The van der Waals surface area contributed by atoms with Crippen molar-refractivity contribution in [3.05, 3.63) is 0 Å². The molecule has 0 heterocycles. The summed E-state index contributed by atoms with van der Waals surface area (Å²) < 4.78 is 109. The number of hydrogen-bond donors (Lipinski definition) is 0. The van der Waals surface area contributed by atoms with Crippen molar-refractivity contribution in [1.29, 1.82) is 0 Å². The second-order valence-electron chi connectivity index (χ2n) is 4.55. The first kappa shape index (κ1) is 21.6. The minimum atomic E-state index is -6.05. The van der Waals surface area contributed by atoms with Crippen molar-refractivity contribution in [2.45, 2.75) is 49.7 Å². The highest BCUT2D eigenvalue weighted by Gasteiger charge is 2.85. The highest BCUT2D eigenvalue weighted by atomic mass is 28.4. The summed E-state index contributed by atoms with van der Waals surface area (Å²) in [5.74, 6) is -11.7. The average molecular weight is 360 g/mol. The Labute approximate surface area is 125 Å². The molecule has 0 aliphatic rings. The molecule has 0 fully saturated rings. The van der Waals surface area contributed by atoms with Gasteiger partial charge in [0.2, 0.25) is 0 Å². The Bertz CT molecular complexity index is 342. The Balaban J connectivity index is 5.75. The topological polar surface area (TPSA) is 27.7 Å². The van der Waals surface area contributed by atoms with Crippen LogP contribution in [-0.2, 0) is 13.3 Å². The minimum Gasteiger partial charge on any atom is -0.373 e. The van der Waals surface area contributed by atoms with Crippen molar-refractivity contribution in [1.82, 2.24) is 0 Å². The van der Waals surface area contributed by atoms with Gasteiger partial charge in [0, 0.05) is 21.3 Å². The number of unbranched alkanes of at least 4 members (excludes halogenated alkanes) is 1. The van der Waals surface area contributed by atoms with Crippen molar-refractivity contribution in [3.8, 4) is 0 Å². The summed E-state index contributed by atoms with van der Waals surface area (Å²) in [7, 11) is -3.81. The van der Waals surface area contributed by atoms with E-state index in [9.17, 15) is 30.7 Å². The van der Waals surface area contributed by atoms with Crippen LogP contribution >= 0.6 is 0 Å². The maximum atomic E-state index is 14.0. The molecule has 134 valence electrons. The van der Waals surface area contributed by atoms with E-state index in [2.05, 4.69) is 13.3 Å². The predicted octanol–water partition coefficient (Wildman–Crippen LogP) is 3.84. The van der Waals surface area contributed by atoms with Crippen LogP contribution in [-0.4, -0.2) is 53.7 Å². The summed E-state index contributed by atoms with van der Waals surface area (Å²) in [6.07, 6.45) is -4.33. The van der Waals surface area contributed by atoms with Crippen LogP contribution in [0.2, 0.25) is 0 Å². The van der Waals surface area contributed by atoms with E-state index in [-0.39, 0.29) is 12.8 Å². The van der Waals surface area contributed by atoms with Gasteiger partial charge in [0.25, 0.3) is 0 Å². The lowest BCUT2D eigenvalue weighted by molar-refractivity contribution is -0.314. The third-order valence-electron chi connectivity index (χ3n) is 3.21. The van der Waals surface area contributed by atoms with Gasteiger partial charge >= 0.3 is 26.2 Å². The lowest BCUT2D eigenvalue weighted by Gasteiger charge is -2.39. The Morgan fingerprint density at radius 1 is 0.909 bits per heavy atom. The van der Waals surface area contributed by atoms with Crippen LogP contribution in [0.3, 0.4) is 0 Å². The number of halogens is 7. The molecule has 0 amide bonds. The summed E-state index contributed by atoms with van der Waals surface area (Å²) in [6.45, 7) is 1.51. The van der Waals surface area contributed by atoms with E-state index in [4.69, 9.17) is 0 Å². The van der Waals surface area contributed by atoms with E-state index in [1.54, 1.807) is 0 Å². The zero-order valence-corrected chi connectivity index (χ0v) is 13.6. The van der Waals surface area contributed by atoms with E-state index in [1.807, 2.05) is 0 Å². The molecule has 11 heteroatoms. The monoisotopic (exact) mass is 360 g/mol. The van der Waals surface area contributed by atoms with Gasteiger partial charge in [-0.05, 0) is 6.42 Å². The van der Waals surface area contributed by atoms with Gasteiger partial charge in [-0.1, -0.05) is 19.8 Å². The van der Waals surface area contributed by atoms with E-state index in [1.165, 1.54) is 6.92 Å². The van der Waals surface area contributed by atoms with E-state index < -0.39 is 38.8 Å². The quantitative estimate of drug-likeness (QED) is 0.438. The average Bonchev–Trinajstić information content (AvgIpc) is 2.46. The summed E-state index contributed by atoms with van der Waals surface area (Å²) in [5, 5.41) is 0. The maximum Gasteiger partial charge on any atom is 0.581 e. The Hall–Kier alpha value is -0.393. The maximum absolute atomic E-state index is 14.0. The van der Waals surface area contributed by atoms with Crippen molar-refractivity contribution in [3.63, 3.8) is 0 Å². The molecule has 0 bridgehead atoms. The van der Waals surface area contributed by atoms with Crippen molar-refractivity contribution in [2.75, 3.05) is 21.3 Å². The van der Waals surface area contributed by atoms with Gasteiger partial charge in [-0.25, -0.2) is 4.39 Å². The van der Waals surface area contributed by atoms with Gasteiger partial charge in [-0.3, -0.25) is 0 Å². The third kappa shape index (κ3) is 3.26. The summed E-state index contributed by atoms with van der Waals surface area (Å²) >= 11 is 0. The van der Waals surface area contributed by atoms with E-state index >= 15 is 0 Å². The molecule has 0 aliphatic carbocycles. The molecule has 0 spiro atoms. The second-order valence-corrected chi connectivity index (χ2v) is 7.52.